The molecule has 0 spiro atoms. The maximum Gasteiger partial charge on any atom is 0.243 e. The highest BCUT2D eigenvalue weighted by molar-refractivity contribution is 7.89. The quantitative estimate of drug-likeness (QED) is 0.693. The molecule has 30 heavy (non-hydrogen) atoms. The number of hydrogen-bond donors (Lipinski definition) is 1. The van der Waals surface area contributed by atoms with Crippen LogP contribution in [0.3, 0.4) is 0 Å². The van der Waals surface area contributed by atoms with E-state index in [2.05, 4.69) is 5.32 Å². The van der Waals surface area contributed by atoms with Gasteiger partial charge in [-0.2, -0.15) is 4.31 Å². The van der Waals surface area contributed by atoms with Crippen LogP contribution in [-0.4, -0.2) is 51.5 Å². The van der Waals surface area contributed by atoms with Crippen LogP contribution in [0.1, 0.15) is 19.8 Å². The summed E-state index contributed by atoms with van der Waals surface area (Å²) in [5.41, 5.74) is 0. The van der Waals surface area contributed by atoms with E-state index in [1.807, 2.05) is 25.1 Å². The number of benzene rings is 2. The van der Waals surface area contributed by atoms with Gasteiger partial charge >= 0.3 is 0 Å². The average Bonchev–Trinajstić information content (AvgIpc) is 2.78. The molecule has 1 saturated heterocycles. The van der Waals surface area contributed by atoms with Crippen molar-refractivity contribution in [3.63, 3.8) is 0 Å². The molecule has 2 unspecified atom stereocenters. The highest BCUT2D eigenvalue weighted by Crippen LogP contribution is 2.26. The number of hydrogen-bond acceptors (Lipinski definition) is 5. The van der Waals surface area contributed by atoms with Crippen molar-refractivity contribution >= 4 is 15.9 Å². The summed E-state index contributed by atoms with van der Waals surface area (Å²) in [7, 11) is -2.02. The number of rotatable bonds is 8. The van der Waals surface area contributed by atoms with Crippen LogP contribution < -0.4 is 14.8 Å². The maximum atomic E-state index is 12.9. The molecule has 1 N–H and O–H groups in total. The SMILES string of the molecule is COc1ccccc1OCC(C)NC(=O)C1CCCN(S(=O)(=O)c2ccccc2)C1. The number of nitrogens with zero attached hydrogens (tertiary/aromatic N) is 1. The van der Waals surface area contributed by atoms with Crippen molar-refractivity contribution < 1.29 is 22.7 Å². The molecule has 0 aliphatic carbocycles. The van der Waals surface area contributed by atoms with Crippen LogP contribution >= 0.6 is 0 Å². The first-order chi connectivity index (χ1) is 14.4. The summed E-state index contributed by atoms with van der Waals surface area (Å²) in [5, 5.41) is 2.94. The number of nitrogens with one attached hydrogen (secondary N) is 1. The van der Waals surface area contributed by atoms with Gasteiger partial charge in [0.25, 0.3) is 0 Å². The van der Waals surface area contributed by atoms with E-state index >= 15 is 0 Å². The van der Waals surface area contributed by atoms with Crippen LogP contribution in [-0.2, 0) is 14.8 Å². The summed E-state index contributed by atoms with van der Waals surface area (Å²) < 4.78 is 38.2. The van der Waals surface area contributed by atoms with E-state index in [1.54, 1.807) is 43.5 Å². The number of piperidine rings is 1. The fourth-order valence-electron chi connectivity index (χ4n) is 3.47. The topological polar surface area (TPSA) is 84.9 Å². The largest absolute Gasteiger partial charge is 0.493 e. The smallest absolute Gasteiger partial charge is 0.243 e. The van der Waals surface area contributed by atoms with Gasteiger partial charge < -0.3 is 14.8 Å². The lowest BCUT2D eigenvalue weighted by Gasteiger charge is -2.31. The minimum atomic E-state index is -3.60. The first-order valence-electron chi connectivity index (χ1n) is 10.0. The molecule has 1 aliphatic rings. The summed E-state index contributed by atoms with van der Waals surface area (Å²) in [6.07, 6.45) is 1.31. The van der Waals surface area contributed by atoms with Crippen molar-refractivity contribution in [1.82, 2.24) is 9.62 Å². The van der Waals surface area contributed by atoms with Crippen molar-refractivity contribution in [3.05, 3.63) is 54.6 Å². The summed E-state index contributed by atoms with van der Waals surface area (Å²) in [6.45, 7) is 2.75. The van der Waals surface area contributed by atoms with Gasteiger partial charge in [-0.1, -0.05) is 30.3 Å². The second-order valence-electron chi connectivity index (χ2n) is 7.39. The summed E-state index contributed by atoms with van der Waals surface area (Å²) >= 11 is 0. The Morgan fingerprint density at radius 2 is 1.80 bits per heavy atom. The Hall–Kier alpha value is -2.58. The van der Waals surface area contributed by atoms with Gasteiger partial charge in [-0.15, -0.1) is 0 Å². The molecule has 0 aromatic heterocycles. The highest BCUT2D eigenvalue weighted by atomic mass is 32.2. The van der Waals surface area contributed by atoms with Crippen LogP contribution in [0.15, 0.2) is 59.5 Å². The van der Waals surface area contributed by atoms with Gasteiger partial charge in [-0.3, -0.25) is 4.79 Å². The fourth-order valence-corrected chi connectivity index (χ4v) is 5.02. The lowest BCUT2D eigenvalue weighted by atomic mass is 9.98. The Bertz CT molecular complexity index is 949. The van der Waals surface area contributed by atoms with Gasteiger partial charge in [0.1, 0.15) is 6.61 Å². The molecule has 0 radical (unpaired) electrons. The Labute approximate surface area is 178 Å². The Morgan fingerprint density at radius 3 is 2.50 bits per heavy atom. The van der Waals surface area contributed by atoms with Crippen molar-refractivity contribution in [2.24, 2.45) is 5.92 Å². The number of sulfonamides is 1. The monoisotopic (exact) mass is 432 g/mol. The zero-order valence-electron chi connectivity index (χ0n) is 17.3. The molecular formula is C22H28N2O5S. The Balaban J connectivity index is 1.56. The predicted octanol–water partition coefficient (Wildman–Crippen LogP) is 2.68. The molecule has 1 heterocycles. The molecule has 3 rings (SSSR count). The molecule has 2 aromatic rings. The Kier molecular flexibility index (Phi) is 7.33. The third-order valence-corrected chi connectivity index (χ3v) is 6.96. The average molecular weight is 433 g/mol. The maximum absolute atomic E-state index is 12.9. The fraction of sp³-hybridized carbons (Fsp3) is 0.409. The lowest BCUT2D eigenvalue weighted by Crippen LogP contribution is -2.48. The van der Waals surface area contributed by atoms with E-state index < -0.39 is 10.0 Å². The standard InChI is InChI=1S/C22H28N2O5S/c1-17(16-29-21-13-7-6-12-20(21)28-2)23-22(25)18-9-8-14-24(15-18)30(26,27)19-10-4-3-5-11-19/h3-7,10-13,17-18H,8-9,14-16H2,1-2H3,(H,23,25). The first kappa shape index (κ1) is 22.1. The van der Waals surface area contributed by atoms with Gasteiger partial charge in [-0.25, -0.2) is 8.42 Å². The Morgan fingerprint density at radius 1 is 1.13 bits per heavy atom. The number of para-hydroxylation sites is 2. The number of methoxy groups -OCH3 is 1. The highest BCUT2D eigenvalue weighted by Gasteiger charge is 2.33. The van der Waals surface area contributed by atoms with Gasteiger partial charge in [-0.05, 0) is 44.0 Å². The van der Waals surface area contributed by atoms with Crippen molar-refractivity contribution in [3.8, 4) is 11.5 Å². The van der Waals surface area contributed by atoms with Crippen LogP contribution in [0.25, 0.3) is 0 Å². The van der Waals surface area contributed by atoms with Gasteiger partial charge in [0.05, 0.1) is 24.0 Å². The normalized spacial score (nSPS) is 18.4. The lowest BCUT2D eigenvalue weighted by molar-refractivity contribution is -0.126. The second-order valence-corrected chi connectivity index (χ2v) is 9.32. The van der Waals surface area contributed by atoms with Crippen molar-refractivity contribution in [2.75, 3.05) is 26.8 Å². The third kappa shape index (κ3) is 5.31. The van der Waals surface area contributed by atoms with Crippen LogP contribution in [0.5, 0.6) is 11.5 Å². The van der Waals surface area contributed by atoms with Crippen LogP contribution in [0.4, 0.5) is 0 Å². The molecule has 1 aliphatic heterocycles. The molecule has 1 amide bonds. The van der Waals surface area contributed by atoms with Gasteiger partial charge in [0.2, 0.25) is 15.9 Å². The van der Waals surface area contributed by atoms with E-state index in [0.717, 1.165) is 0 Å². The van der Waals surface area contributed by atoms with E-state index in [4.69, 9.17) is 9.47 Å². The van der Waals surface area contributed by atoms with Crippen LogP contribution in [0, 0.1) is 5.92 Å². The first-order valence-corrected chi connectivity index (χ1v) is 11.5. The molecule has 2 aromatic carbocycles. The molecule has 8 heteroatoms. The third-order valence-electron chi connectivity index (χ3n) is 5.08. The minimum absolute atomic E-state index is 0.154. The van der Waals surface area contributed by atoms with Crippen LogP contribution in [0.2, 0.25) is 0 Å². The van der Waals surface area contributed by atoms with Gasteiger partial charge in [0, 0.05) is 13.1 Å². The number of carbonyl (C=O) groups excluding carboxylic acids is 1. The zero-order valence-corrected chi connectivity index (χ0v) is 18.1. The second kappa shape index (κ2) is 9.95. The zero-order chi connectivity index (χ0) is 21.6. The van der Waals surface area contributed by atoms with E-state index in [0.29, 0.717) is 30.9 Å². The van der Waals surface area contributed by atoms with Crippen molar-refractivity contribution in [1.29, 1.82) is 0 Å². The summed E-state index contributed by atoms with van der Waals surface area (Å²) in [6, 6.07) is 15.4. The van der Waals surface area contributed by atoms with Crippen molar-refractivity contribution in [2.45, 2.75) is 30.7 Å². The minimum Gasteiger partial charge on any atom is -0.493 e. The summed E-state index contributed by atoms with van der Waals surface area (Å²) in [5.74, 6) is 0.703. The van der Waals surface area contributed by atoms with E-state index in [1.165, 1.54) is 4.31 Å². The molecule has 1 fully saturated rings. The number of ether oxygens (including phenoxy) is 2. The molecular weight excluding hydrogens is 404 g/mol. The van der Waals surface area contributed by atoms with E-state index in [-0.39, 0.29) is 35.9 Å². The molecule has 7 nitrogen and oxygen atoms in total. The molecule has 0 saturated carbocycles. The molecule has 162 valence electrons. The number of amides is 1. The molecule has 2 atom stereocenters. The van der Waals surface area contributed by atoms with Gasteiger partial charge in [0.15, 0.2) is 11.5 Å². The summed E-state index contributed by atoms with van der Waals surface area (Å²) in [4.78, 5) is 13.0. The number of carbonyl (C=O) groups is 1. The van der Waals surface area contributed by atoms with E-state index in [9.17, 15) is 13.2 Å². The predicted molar refractivity (Wildman–Crippen MR) is 114 cm³/mol. The molecule has 0 bridgehead atoms.